The number of ether oxygens (including phenoxy) is 1. The van der Waals surface area contributed by atoms with Gasteiger partial charge >= 0.3 is 0 Å². The Kier molecular flexibility index (Phi) is 1.93. The number of hydrogen-bond donors (Lipinski definition) is 1. The van der Waals surface area contributed by atoms with E-state index in [2.05, 4.69) is 5.16 Å². The molecule has 0 aromatic heterocycles. The SMILES string of the molecule is C[C@@H]1COc2ccccc2/C1=N\O. The Balaban J connectivity index is 2.52. The third-order valence-corrected chi connectivity index (χ3v) is 2.23. The third-order valence-electron chi connectivity index (χ3n) is 2.23. The standard InChI is InChI=1S/C10H11NO2/c1-7-6-13-9-5-3-2-4-8(9)10(7)11-12/h2-5,7,12H,6H2,1H3/b11-10-/t7-/m1/s1. The van der Waals surface area contributed by atoms with Gasteiger partial charge < -0.3 is 9.94 Å². The van der Waals surface area contributed by atoms with Crippen molar-refractivity contribution in [1.82, 2.24) is 0 Å². The zero-order valence-electron chi connectivity index (χ0n) is 7.40. The summed E-state index contributed by atoms with van der Waals surface area (Å²) in [4.78, 5) is 0. The molecule has 1 aliphatic rings. The summed E-state index contributed by atoms with van der Waals surface area (Å²) in [5.74, 6) is 0.952. The van der Waals surface area contributed by atoms with Crippen LogP contribution < -0.4 is 4.74 Å². The van der Waals surface area contributed by atoms with Crippen LogP contribution in [0.15, 0.2) is 29.4 Å². The van der Waals surface area contributed by atoms with Crippen LogP contribution in [0.5, 0.6) is 5.75 Å². The van der Waals surface area contributed by atoms with E-state index in [0.29, 0.717) is 12.3 Å². The van der Waals surface area contributed by atoms with Crippen LogP contribution in [-0.4, -0.2) is 17.5 Å². The van der Waals surface area contributed by atoms with Gasteiger partial charge in [-0.05, 0) is 12.1 Å². The van der Waals surface area contributed by atoms with Gasteiger partial charge in [-0.15, -0.1) is 0 Å². The van der Waals surface area contributed by atoms with Gasteiger partial charge in [-0.1, -0.05) is 24.2 Å². The number of para-hydroxylation sites is 1. The molecule has 0 aliphatic carbocycles. The average Bonchev–Trinajstić information content (AvgIpc) is 2.18. The molecule has 0 saturated heterocycles. The molecule has 2 rings (SSSR count). The summed E-state index contributed by atoms with van der Waals surface area (Å²) >= 11 is 0. The van der Waals surface area contributed by atoms with Gasteiger partial charge in [0, 0.05) is 11.5 Å². The molecule has 1 N–H and O–H groups in total. The van der Waals surface area contributed by atoms with Crippen LogP contribution in [0.2, 0.25) is 0 Å². The van der Waals surface area contributed by atoms with E-state index in [4.69, 9.17) is 9.94 Å². The van der Waals surface area contributed by atoms with Crippen LogP contribution in [0.25, 0.3) is 0 Å². The fourth-order valence-electron chi connectivity index (χ4n) is 1.52. The summed E-state index contributed by atoms with van der Waals surface area (Å²) in [7, 11) is 0. The number of hydrogen-bond acceptors (Lipinski definition) is 3. The zero-order valence-corrected chi connectivity index (χ0v) is 7.40. The van der Waals surface area contributed by atoms with E-state index in [-0.39, 0.29) is 5.92 Å². The Bertz CT molecular complexity index is 347. The lowest BCUT2D eigenvalue weighted by atomic mass is 9.96. The van der Waals surface area contributed by atoms with Crippen molar-refractivity contribution < 1.29 is 9.94 Å². The fourth-order valence-corrected chi connectivity index (χ4v) is 1.52. The van der Waals surface area contributed by atoms with Crippen LogP contribution in [-0.2, 0) is 0 Å². The molecular formula is C10H11NO2. The molecule has 0 bridgehead atoms. The highest BCUT2D eigenvalue weighted by Gasteiger charge is 2.23. The maximum Gasteiger partial charge on any atom is 0.128 e. The van der Waals surface area contributed by atoms with Gasteiger partial charge in [0.2, 0.25) is 0 Å². The molecule has 0 radical (unpaired) electrons. The van der Waals surface area contributed by atoms with E-state index in [0.717, 1.165) is 11.3 Å². The molecule has 0 fully saturated rings. The van der Waals surface area contributed by atoms with Crippen LogP contribution in [0.4, 0.5) is 0 Å². The topological polar surface area (TPSA) is 41.8 Å². The first-order valence-corrected chi connectivity index (χ1v) is 4.27. The highest BCUT2D eigenvalue weighted by molar-refractivity contribution is 6.04. The third kappa shape index (κ3) is 1.26. The molecule has 3 heteroatoms. The number of nitrogens with zero attached hydrogens (tertiary/aromatic N) is 1. The molecule has 1 heterocycles. The predicted molar refractivity (Wildman–Crippen MR) is 49.4 cm³/mol. The minimum Gasteiger partial charge on any atom is -0.492 e. The molecule has 0 spiro atoms. The molecular weight excluding hydrogens is 166 g/mol. The van der Waals surface area contributed by atoms with Gasteiger partial charge in [-0.3, -0.25) is 0 Å². The van der Waals surface area contributed by atoms with Crippen molar-refractivity contribution in [2.24, 2.45) is 11.1 Å². The Morgan fingerprint density at radius 2 is 2.23 bits per heavy atom. The van der Waals surface area contributed by atoms with Crippen LogP contribution in [0, 0.1) is 5.92 Å². The van der Waals surface area contributed by atoms with Crippen LogP contribution in [0.1, 0.15) is 12.5 Å². The van der Waals surface area contributed by atoms with Gasteiger partial charge in [-0.2, -0.15) is 0 Å². The lowest BCUT2D eigenvalue weighted by molar-refractivity contribution is 0.268. The first-order valence-electron chi connectivity index (χ1n) is 4.27. The number of rotatable bonds is 0. The summed E-state index contributed by atoms with van der Waals surface area (Å²) in [6.07, 6.45) is 0. The van der Waals surface area contributed by atoms with Crippen molar-refractivity contribution in [3.05, 3.63) is 29.8 Å². The minimum atomic E-state index is 0.153. The molecule has 1 aliphatic heterocycles. The first kappa shape index (κ1) is 8.10. The monoisotopic (exact) mass is 177 g/mol. The Hall–Kier alpha value is -1.51. The van der Waals surface area contributed by atoms with Crippen LogP contribution >= 0.6 is 0 Å². The van der Waals surface area contributed by atoms with E-state index in [1.54, 1.807) is 0 Å². The van der Waals surface area contributed by atoms with Crippen molar-refractivity contribution in [1.29, 1.82) is 0 Å². The predicted octanol–water partition coefficient (Wildman–Crippen LogP) is 1.89. The van der Waals surface area contributed by atoms with E-state index in [1.165, 1.54) is 0 Å². The smallest absolute Gasteiger partial charge is 0.128 e. The summed E-state index contributed by atoms with van der Waals surface area (Å²) < 4.78 is 5.48. The average molecular weight is 177 g/mol. The Morgan fingerprint density at radius 3 is 3.00 bits per heavy atom. The molecule has 1 aromatic rings. The molecule has 68 valence electrons. The highest BCUT2D eigenvalue weighted by Crippen LogP contribution is 2.26. The number of benzene rings is 1. The van der Waals surface area contributed by atoms with Crippen molar-refractivity contribution >= 4 is 5.71 Å². The second kappa shape index (κ2) is 3.09. The first-order chi connectivity index (χ1) is 6.33. The van der Waals surface area contributed by atoms with Gasteiger partial charge in [0.25, 0.3) is 0 Å². The summed E-state index contributed by atoms with van der Waals surface area (Å²) in [5.41, 5.74) is 1.60. The zero-order chi connectivity index (χ0) is 9.26. The van der Waals surface area contributed by atoms with Crippen molar-refractivity contribution in [3.8, 4) is 5.75 Å². The van der Waals surface area contributed by atoms with E-state index >= 15 is 0 Å². The molecule has 1 aromatic carbocycles. The Labute approximate surface area is 76.6 Å². The van der Waals surface area contributed by atoms with Gasteiger partial charge in [0.1, 0.15) is 5.75 Å². The highest BCUT2D eigenvalue weighted by atomic mass is 16.5. The van der Waals surface area contributed by atoms with Crippen LogP contribution in [0.3, 0.4) is 0 Å². The minimum absolute atomic E-state index is 0.153. The second-order valence-corrected chi connectivity index (χ2v) is 3.19. The van der Waals surface area contributed by atoms with Gasteiger partial charge in [-0.25, -0.2) is 0 Å². The van der Waals surface area contributed by atoms with Crippen molar-refractivity contribution in [2.75, 3.05) is 6.61 Å². The van der Waals surface area contributed by atoms with Crippen molar-refractivity contribution in [2.45, 2.75) is 6.92 Å². The molecule has 0 amide bonds. The lowest BCUT2D eigenvalue weighted by Gasteiger charge is -2.22. The van der Waals surface area contributed by atoms with Gasteiger partial charge in [0.05, 0.1) is 12.3 Å². The summed E-state index contributed by atoms with van der Waals surface area (Å²) in [6.45, 7) is 2.56. The largest absolute Gasteiger partial charge is 0.492 e. The molecule has 3 nitrogen and oxygen atoms in total. The van der Waals surface area contributed by atoms with Crippen molar-refractivity contribution in [3.63, 3.8) is 0 Å². The quantitative estimate of drug-likeness (QED) is 0.485. The fraction of sp³-hybridized carbons (Fsp3) is 0.300. The summed E-state index contributed by atoms with van der Waals surface area (Å²) in [5, 5.41) is 12.1. The maximum absolute atomic E-state index is 8.84. The maximum atomic E-state index is 8.84. The van der Waals surface area contributed by atoms with E-state index in [1.807, 2.05) is 31.2 Å². The van der Waals surface area contributed by atoms with E-state index in [9.17, 15) is 0 Å². The second-order valence-electron chi connectivity index (χ2n) is 3.19. The number of oxime groups is 1. The lowest BCUT2D eigenvalue weighted by Crippen LogP contribution is -2.25. The normalized spacial score (nSPS) is 23.8. The molecule has 1 atom stereocenters. The molecule has 0 saturated carbocycles. The number of fused-ring (bicyclic) bond motifs is 1. The van der Waals surface area contributed by atoms with Gasteiger partial charge in [0.15, 0.2) is 0 Å². The van der Waals surface area contributed by atoms with E-state index < -0.39 is 0 Å². The summed E-state index contributed by atoms with van der Waals surface area (Å²) in [6, 6.07) is 7.60. The Morgan fingerprint density at radius 1 is 1.46 bits per heavy atom. The molecule has 0 unspecified atom stereocenters. The molecule has 13 heavy (non-hydrogen) atoms.